The molecule has 164 valence electrons. The minimum atomic E-state index is -0.982. The van der Waals surface area contributed by atoms with Crippen LogP contribution in [-0.2, 0) is 19.7 Å². The molecule has 1 spiro atoms. The number of fused-ring (bicyclic) bond motifs is 2. The number of carbonyl (C=O) groups is 2. The predicted molar refractivity (Wildman–Crippen MR) is 126 cm³/mol. The molecule has 0 bridgehead atoms. The lowest BCUT2D eigenvalue weighted by Crippen LogP contribution is -2.44. The van der Waals surface area contributed by atoms with Gasteiger partial charge in [0.15, 0.2) is 0 Å². The van der Waals surface area contributed by atoms with Crippen LogP contribution < -0.4 is 10.6 Å². The van der Waals surface area contributed by atoms with Gasteiger partial charge in [0.1, 0.15) is 17.1 Å². The fraction of sp³-hybridized carbons (Fsp3) is 0.308. The number of nitrogens with one attached hydrogen (secondary N) is 2. The van der Waals surface area contributed by atoms with E-state index in [2.05, 4.69) is 10.6 Å². The van der Waals surface area contributed by atoms with Crippen LogP contribution in [0.4, 0.5) is 5.69 Å². The Morgan fingerprint density at radius 3 is 2.41 bits per heavy atom. The summed E-state index contributed by atoms with van der Waals surface area (Å²) in [5, 5.41) is 8.65. The Kier molecular flexibility index (Phi) is 4.95. The minimum Gasteiger partial charge on any atom is -0.459 e. The normalized spacial score (nSPS) is 26.7. The number of ether oxygens (including phenoxy) is 1. The first-order valence-corrected chi connectivity index (χ1v) is 11.7. The molecular weight excluding hydrogens is 420 g/mol. The number of thiophene rings is 1. The van der Waals surface area contributed by atoms with Crippen molar-refractivity contribution in [3.8, 4) is 0 Å². The average molecular weight is 447 g/mol. The van der Waals surface area contributed by atoms with Crippen LogP contribution in [-0.4, -0.2) is 23.5 Å². The topological polar surface area (TPSA) is 67.4 Å². The summed E-state index contributed by atoms with van der Waals surface area (Å²) >= 11 is 1.59. The van der Waals surface area contributed by atoms with Gasteiger partial charge in [-0.2, -0.15) is 0 Å². The molecule has 2 aliphatic heterocycles. The van der Waals surface area contributed by atoms with Gasteiger partial charge < -0.3 is 10.1 Å². The molecule has 3 aromatic rings. The van der Waals surface area contributed by atoms with Gasteiger partial charge in [0.25, 0.3) is 0 Å². The number of amides is 1. The second-order valence-corrected chi connectivity index (χ2v) is 10.4. The van der Waals surface area contributed by atoms with Crippen molar-refractivity contribution in [1.82, 2.24) is 5.32 Å². The Morgan fingerprint density at radius 1 is 1.00 bits per heavy atom. The highest BCUT2D eigenvalue weighted by atomic mass is 32.1. The van der Waals surface area contributed by atoms with Gasteiger partial charge in [-0.15, -0.1) is 11.3 Å². The van der Waals surface area contributed by atoms with E-state index in [9.17, 15) is 9.59 Å². The van der Waals surface area contributed by atoms with Gasteiger partial charge in [0, 0.05) is 16.5 Å². The zero-order valence-corrected chi connectivity index (χ0v) is 19.1. The lowest BCUT2D eigenvalue weighted by Gasteiger charge is -2.35. The van der Waals surface area contributed by atoms with E-state index in [4.69, 9.17) is 4.74 Å². The number of benzene rings is 2. The van der Waals surface area contributed by atoms with Crippen molar-refractivity contribution in [3.63, 3.8) is 0 Å². The van der Waals surface area contributed by atoms with Crippen LogP contribution >= 0.6 is 11.3 Å². The van der Waals surface area contributed by atoms with Crippen LogP contribution in [0.15, 0.2) is 72.1 Å². The van der Waals surface area contributed by atoms with Crippen molar-refractivity contribution in [2.24, 2.45) is 0 Å². The Hall–Kier alpha value is -2.96. The number of anilines is 1. The maximum absolute atomic E-state index is 13.9. The first-order chi connectivity index (χ1) is 15.3. The molecule has 1 fully saturated rings. The molecule has 2 aliphatic rings. The molecule has 0 unspecified atom stereocenters. The summed E-state index contributed by atoms with van der Waals surface area (Å²) in [4.78, 5) is 28.4. The molecule has 5 nitrogen and oxygen atoms in total. The first-order valence-electron chi connectivity index (χ1n) is 10.8. The highest BCUT2D eigenvalue weighted by molar-refractivity contribution is 7.10. The Balaban J connectivity index is 1.76. The quantitative estimate of drug-likeness (QED) is 0.569. The third-order valence-corrected chi connectivity index (χ3v) is 7.21. The van der Waals surface area contributed by atoms with E-state index in [-0.39, 0.29) is 17.9 Å². The van der Waals surface area contributed by atoms with Crippen molar-refractivity contribution in [2.45, 2.75) is 49.8 Å². The molecule has 5 rings (SSSR count). The predicted octanol–water partition coefficient (Wildman–Crippen LogP) is 4.78. The molecule has 0 saturated carbocycles. The summed E-state index contributed by atoms with van der Waals surface area (Å²) in [6.07, 6.45) is 0. The van der Waals surface area contributed by atoms with E-state index < -0.39 is 23.0 Å². The van der Waals surface area contributed by atoms with Gasteiger partial charge in [-0.05, 0) is 49.4 Å². The lowest BCUT2D eigenvalue weighted by molar-refractivity contribution is -0.157. The van der Waals surface area contributed by atoms with Crippen LogP contribution in [0.5, 0.6) is 0 Å². The number of esters is 1. The lowest BCUT2D eigenvalue weighted by atomic mass is 9.64. The van der Waals surface area contributed by atoms with Crippen molar-refractivity contribution in [2.75, 3.05) is 5.32 Å². The van der Waals surface area contributed by atoms with Crippen LogP contribution in [0.1, 0.15) is 48.7 Å². The largest absolute Gasteiger partial charge is 0.459 e. The van der Waals surface area contributed by atoms with E-state index in [0.29, 0.717) is 0 Å². The van der Waals surface area contributed by atoms with Crippen LogP contribution in [0.25, 0.3) is 0 Å². The molecule has 0 aliphatic carbocycles. The third-order valence-electron chi connectivity index (χ3n) is 6.27. The molecule has 2 aromatic carbocycles. The molecule has 1 saturated heterocycles. The molecule has 0 radical (unpaired) electrons. The molecular formula is C26H26N2O3S. The molecule has 4 atom stereocenters. The maximum atomic E-state index is 13.9. The zero-order valence-electron chi connectivity index (χ0n) is 18.3. The van der Waals surface area contributed by atoms with Gasteiger partial charge in [0.2, 0.25) is 5.91 Å². The summed E-state index contributed by atoms with van der Waals surface area (Å²) in [6.45, 7) is 5.59. The van der Waals surface area contributed by atoms with Crippen molar-refractivity contribution in [3.05, 3.63) is 88.1 Å². The summed E-state index contributed by atoms with van der Waals surface area (Å²) in [6, 6.07) is 20.6. The zero-order chi connectivity index (χ0) is 22.5. The smallest absolute Gasteiger partial charge is 0.324 e. The van der Waals surface area contributed by atoms with Gasteiger partial charge in [-0.3, -0.25) is 14.9 Å². The van der Waals surface area contributed by atoms with Gasteiger partial charge in [-0.25, -0.2) is 0 Å². The van der Waals surface area contributed by atoms with Gasteiger partial charge in [0.05, 0.1) is 6.04 Å². The Morgan fingerprint density at radius 2 is 1.72 bits per heavy atom. The monoisotopic (exact) mass is 446 g/mol. The van der Waals surface area contributed by atoms with Crippen molar-refractivity contribution >= 4 is 28.9 Å². The van der Waals surface area contributed by atoms with E-state index in [1.807, 2.05) is 92.9 Å². The molecule has 6 heteroatoms. The van der Waals surface area contributed by atoms with Crippen molar-refractivity contribution < 1.29 is 14.3 Å². The summed E-state index contributed by atoms with van der Waals surface area (Å²) in [7, 11) is 0. The van der Waals surface area contributed by atoms with Gasteiger partial charge >= 0.3 is 5.97 Å². The molecule has 1 amide bonds. The fourth-order valence-electron chi connectivity index (χ4n) is 5.19. The molecule has 1 aromatic heterocycles. The number of para-hydroxylation sites is 1. The first kappa shape index (κ1) is 20.9. The average Bonchev–Trinajstić information content (AvgIpc) is 3.46. The van der Waals surface area contributed by atoms with Crippen LogP contribution in [0.3, 0.4) is 0 Å². The van der Waals surface area contributed by atoms with E-state index in [1.54, 1.807) is 11.3 Å². The third kappa shape index (κ3) is 3.17. The number of hydrogen-bond donors (Lipinski definition) is 2. The number of hydrogen-bond acceptors (Lipinski definition) is 5. The second-order valence-electron chi connectivity index (χ2n) is 9.38. The highest BCUT2D eigenvalue weighted by Crippen LogP contribution is 2.59. The van der Waals surface area contributed by atoms with Crippen molar-refractivity contribution in [1.29, 1.82) is 0 Å². The summed E-state index contributed by atoms with van der Waals surface area (Å²) in [5.41, 5.74) is 1.03. The van der Waals surface area contributed by atoms with Crippen LogP contribution in [0, 0.1) is 0 Å². The molecule has 3 heterocycles. The molecule has 2 N–H and O–H groups in total. The fourth-order valence-corrected chi connectivity index (χ4v) is 6.05. The van der Waals surface area contributed by atoms with Gasteiger partial charge in [-0.1, -0.05) is 54.6 Å². The number of carbonyl (C=O) groups excluding carboxylic acids is 2. The van der Waals surface area contributed by atoms with E-state index in [0.717, 1.165) is 21.7 Å². The molecule has 32 heavy (non-hydrogen) atoms. The summed E-state index contributed by atoms with van der Waals surface area (Å²) < 4.78 is 5.84. The maximum Gasteiger partial charge on any atom is 0.324 e. The van der Waals surface area contributed by atoms with E-state index in [1.165, 1.54) is 0 Å². The SMILES string of the molecule is CC(C)(C)OC(=O)[C@H]1N[C@H](c2cccs2)[C@]2(C(=O)Nc3ccccc32)[C@@H]1c1ccccc1. The van der Waals surface area contributed by atoms with Crippen LogP contribution in [0.2, 0.25) is 0 Å². The Bertz CT molecular complexity index is 1150. The highest BCUT2D eigenvalue weighted by Gasteiger charge is 2.66. The standard InChI is InChI=1S/C26H26N2O3S/c1-25(2,3)31-23(29)21-20(16-10-5-4-6-11-16)26(22(28-21)19-14-9-15-32-19)17-12-7-8-13-18(17)27-24(26)30/h4-15,20-22,28H,1-3H3,(H,27,30)/t20-,21+,22-,26-/m1/s1. The minimum absolute atomic E-state index is 0.0930. The van der Waals surface area contributed by atoms with E-state index >= 15 is 0 Å². The Labute approximate surface area is 191 Å². The second kappa shape index (κ2) is 7.57. The number of rotatable bonds is 3. The summed E-state index contributed by atoms with van der Waals surface area (Å²) in [5.74, 6) is -0.874.